The van der Waals surface area contributed by atoms with Crippen LogP contribution in [0.25, 0.3) is 22.6 Å². The van der Waals surface area contributed by atoms with E-state index >= 15 is 0 Å². The first-order chi connectivity index (χ1) is 15.6. The predicted molar refractivity (Wildman–Crippen MR) is 123 cm³/mol. The molecule has 8 nitrogen and oxygen atoms in total. The van der Waals surface area contributed by atoms with E-state index in [4.69, 9.17) is 4.98 Å². The lowest BCUT2D eigenvalue weighted by Gasteiger charge is -2.08. The van der Waals surface area contributed by atoms with E-state index in [2.05, 4.69) is 45.5 Å². The van der Waals surface area contributed by atoms with Crippen LogP contribution in [0.5, 0.6) is 0 Å². The number of rotatable bonds is 7. The highest BCUT2D eigenvalue weighted by atomic mass is 15.4. The van der Waals surface area contributed by atoms with Crippen molar-refractivity contribution in [1.82, 2.24) is 29.9 Å². The fraction of sp³-hybridized carbons (Fsp3) is 0.250. The van der Waals surface area contributed by atoms with Gasteiger partial charge in [-0.3, -0.25) is 4.98 Å². The second-order valence-electron chi connectivity index (χ2n) is 7.69. The molecule has 0 bridgehead atoms. The molecule has 4 rings (SSSR count). The molecule has 0 saturated heterocycles. The summed E-state index contributed by atoms with van der Waals surface area (Å²) in [5, 5.41) is 21.0. The van der Waals surface area contributed by atoms with Crippen molar-refractivity contribution in [1.29, 1.82) is 5.26 Å². The lowest BCUT2D eigenvalue weighted by atomic mass is 10.1. The molecule has 0 amide bonds. The Bertz CT molecular complexity index is 1270. The van der Waals surface area contributed by atoms with Gasteiger partial charge in [0.25, 0.3) is 0 Å². The molecule has 4 aromatic rings. The third-order valence-electron chi connectivity index (χ3n) is 4.89. The van der Waals surface area contributed by atoms with Crippen LogP contribution in [0, 0.1) is 11.3 Å². The van der Waals surface area contributed by atoms with E-state index in [-0.39, 0.29) is 0 Å². The minimum absolute atomic E-state index is 0.365. The first kappa shape index (κ1) is 21.1. The summed E-state index contributed by atoms with van der Waals surface area (Å²) in [6.45, 7) is 7.45. The number of anilines is 1. The molecular formula is C24H24N8. The fourth-order valence-electron chi connectivity index (χ4n) is 3.28. The van der Waals surface area contributed by atoms with E-state index in [1.165, 1.54) is 0 Å². The minimum Gasteiger partial charge on any atom is -0.354 e. The number of nitriles is 1. The number of benzene rings is 1. The Labute approximate surface area is 187 Å². The smallest absolute Gasteiger partial charge is 0.223 e. The van der Waals surface area contributed by atoms with Crippen molar-refractivity contribution in [2.24, 2.45) is 0 Å². The number of nitrogens with zero attached hydrogens (tertiary/aromatic N) is 7. The SMILES string of the molecule is CCNc1nc(-c2cccc(C#N)c2)cc(-c2cn(Cc3cccc(C(C)C)n3)nn2)n1. The second kappa shape index (κ2) is 9.35. The zero-order valence-corrected chi connectivity index (χ0v) is 18.3. The van der Waals surface area contributed by atoms with Gasteiger partial charge in [0.05, 0.1) is 41.5 Å². The Kier molecular flexibility index (Phi) is 6.17. The van der Waals surface area contributed by atoms with Gasteiger partial charge in [-0.25, -0.2) is 14.6 Å². The molecule has 0 atom stereocenters. The zero-order chi connectivity index (χ0) is 22.5. The van der Waals surface area contributed by atoms with Crippen LogP contribution in [-0.2, 0) is 6.54 Å². The molecule has 0 radical (unpaired) electrons. The van der Waals surface area contributed by atoms with Gasteiger partial charge in [-0.2, -0.15) is 5.26 Å². The second-order valence-corrected chi connectivity index (χ2v) is 7.69. The summed E-state index contributed by atoms with van der Waals surface area (Å²) in [6.07, 6.45) is 1.86. The zero-order valence-electron chi connectivity index (χ0n) is 18.3. The van der Waals surface area contributed by atoms with Crippen LogP contribution in [0.3, 0.4) is 0 Å². The highest BCUT2D eigenvalue weighted by Crippen LogP contribution is 2.25. The summed E-state index contributed by atoms with van der Waals surface area (Å²) in [7, 11) is 0. The Morgan fingerprint density at radius 1 is 1.00 bits per heavy atom. The maximum Gasteiger partial charge on any atom is 0.223 e. The van der Waals surface area contributed by atoms with Gasteiger partial charge in [0.2, 0.25) is 5.95 Å². The van der Waals surface area contributed by atoms with Crippen molar-refractivity contribution >= 4 is 5.95 Å². The molecular weight excluding hydrogens is 400 g/mol. The number of pyridine rings is 1. The molecule has 0 aliphatic carbocycles. The maximum atomic E-state index is 9.23. The highest BCUT2D eigenvalue weighted by molar-refractivity contribution is 5.68. The topological polar surface area (TPSA) is 105 Å². The predicted octanol–water partition coefficient (Wildman–Crippen LogP) is 4.27. The number of hydrogen-bond donors (Lipinski definition) is 1. The lowest BCUT2D eigenvalue weighted by Crippen LogP contribution is -2.05. The van der Waals surface area contributed by atoms with E-state index in [0.717, 1.165) is 17.0 Å². The average Bonchev–Trinajstić information content (AvgIpc) is 3.28. The maximum absolute atomic E-state index is 9.23. The van der Waals surface area contributed by atoms with Crippen LogP contribution in [0.2, 0.25) is 0 Å². The van der Waals surface area contributed by atoms with Crippen LogP contribution >= 0.6 is 0 Å². The molecule has 0 aliphatic heterocycles. The number of hydrogen-bond acceptors (Lipinski definition) is 7. The molecule has 0 unspecified atom stereocenters. The summed E-state index contributed by atoms with van der Waals surface area (Å²) < 4.78 is 1.76. The molecule has 0 spiro atoms. The minimum atomic E-state index is 0.365. The average molecular weight is 425 g/mol. The van der Waals surface area contributed by atoms with Gasteiger partial charge in [0.1, 0.15) is 5.69 Å². The first-order valence-corrected chi connectivity index (χ1v) is 10.6. The quantitative estimate of drug-likeness (QED) is 0.472. The summed E-state index contributed by atoms with van der Waals surface area (Å²) >= 11 is 0. The largest absolute Gasteiger partial charge is 0.354 e. The van der Waals surface area contributed by atoms with Gasteiger partial charge < -0.3 is 5.32 Å². The molecule has 0 aliphatic rings. The molecule has 160 valence electrons. The van der Waals surface area contributed by atoms with Crippen LogP contribution in [0.1, 0.15) is 43.6 Å². The normalized spacial score (nSPS) is 10.8. The fourth-order valence-corrected chi connectivity index (χ4v) is 3.28. The third kappa shape index (κ3) is 4.78. The van der Waals surface area contributed by atoms with Gasteiger partial charge in [0.15, 0.2) is 0 Å². The molecule has 8 heteroatoms. The van der Waals surface area contributed by atoms with Crippen LogP contribution in [0.15, 0.2) is 54.7 Å². The standard InChI is InChI=1S/C24H24N8/c1-4-26-24-28-21(18-8-5-7-17(11-18)13-25)12-22(29-24)23-15-32(31-30-23)14-19-9-6-10-20(27-19)16(2)3/h5-12,15-16H,4,14H2,1-3H3,(H,26,28,29). The summed E-state index contributed by atoms with van der Waals surface area (Å²) in [6, 6.07) is 17.4. The van der Waals surface area contributed by atoms with E-state index in [1.807, 2.05) is 55.6 Å². The highest BCUT2D eigenvalue weighted by Gasteiger charge is 2.13. The van der Waals surface area contributed by atoms with Gasteiger partial charge in [-0.1, -0.05) is 37.3 Å². The van der Waals surface area contributed by atoms with Gasteiger partial charge in [-0.05, 0) is 43.2 Å². The summed E-state index contributed by atoms with van der Waals surface area (Å²) in [5.41, 5.74) is 5.41. The van der Waals surface area contributed by atoms with E-state index < -0.39 is 0 Å². The van der Waals surface area contributed by atoms with Crippen LogP contribution < -0.4 is 5.32 Å². The molecule has 0 fully saturated rings. The summed E-state index contributed by atoms with van der Waals surface area (Å²) in [5.74, 6) is 0.868. The molecule has 0 saturated carbocycles. The molecule has 32 heavy (non-hydrogen) atoms. The van der Waals surface area contributed by atoms with Gasteiger partial charge in [0, 0.05) is 17.8 Å². The van der Waals surface area contributed by atoms with Gasteiger partial charge >= 0.3 is 0 Å². The van der Waals surface area contributed by atoms with Crippen molar-refractivity contribution < 1.29 is 0 Å². The third-order valence-corrected chi connectivity index (χ3v) is 4.89. The van der Waals surface area contributed by atoms with Crippen LogP contribution in [0.4, 0.5) is 5.95 Å². The van der Waals surface area contributed by atoms with Crippen molar-refractivity contribution in [2.75, 3.05) is 11.9 Å². The van der Waals surface area contributed by atoms with Crippen molar-refractivity contribution in [3.63, 3.8) is 0 Å². The summed E-state index contributed by atoms with van der Waals surface area (Å²) in [4.78, 5) is 13.9. The van der Waals surface area contributed by atoms with Gasteiger partial charge in [-0.15, -0.1) is 5.10 Å². The molecule has 3 aromatic heterocycles. The van der Waals surface area contributed by atoms with Crippen molar-refractivity contribution in [3.05, 3.63) is 71.7 Å². The van der Waals surface area contributed by atoms with E-state index in [9.17, 15) is 5.26 Å². The Balaban J connectivity index is 1.66. The van der Waals surface area contributed by atoms with Crippen molar-refractivity contribution in [2.45, 2.75) is 33.2 Å². The Hall–Kier alpha value is -4.12. The number of aromatic nitrogens is 6. The monoisotopic (exact) mass is 424 g/mol. The molecule has 1 N–H and O–H groups in total. The van der Waals surface area contributed by atoms with Crippen LogP contribution in [-0.4, -0.2) is 36.5 Å². The van der Waals surface area contributed by atoms with E-state index in [1.54, 1.807) is 10.7 Å². The van der Waals surface area contributed by atoms with E-state index in [0.29, 0.717) is 47.6 Å². The molecule has 1 aromatic carbocycles. The Morgan fingerprint density at radius 2 is 1.81 bits per heavy atom. The number of nitrogens with one attached hydrogen (secondary N) is 1. The first-order valence-electron chi connectivity index (χ1n) is 10.6. The Morgan fingerprint density at radius 3 is 2.59 bits per heavy atom. The molecule has 3 heterocycles. The van der Waals surface area contributed by atoms with Crippen molar-refractivity contribution in [3.8, 4) is 28.7 Å². The lowest BCUT2D eigenvalue weighted by molar-refractivity contribution is 0.634.